The Morgan fingerprint density at radius 3 is 2.17 bits per heavy atom. The highest BCUT2D eigenvalue weighted by molar-refractivity contribution is 6.21. The van der Waals surface area contributed by atoms with Crippen LogP contribution in [0, 0.1) is 11.6 Å². The summed E-state index contributed by atoms with van der Waals surface area (Å²) in [5.74, 6) is -2.16. The van der Waals surface area contributed by atoms with Crippen molar-refractivity contribution in [3.05, 3.63) is 95.1 Å². The van der Waals surface area contributed by atoms with Crippen molar-refractivity contribution in [3.8, 4) is 5.75 Å². The molecule has 0 N–H and O–H groups in total. The minimum atomic E-state index is -0.857. The van der Waals surface area contributed by atoms with E-state index in [0.717, 1.165) is 12.1 Å². The normalized spacial score (nSPS) is 12.6. The standard InChI is InChI=1S/C27H24F2N2O4/c1-2-35-20-12-9-18(10-13-20)25(32)30(24-14-11-19(28)17-23(24)29)15-5-6-16-31-26(33)21-7-3-4-8-22(21)27(31)34/h3-4,7-14,17H,2,5-6,15-16H2,1H3. The number of benzene rings is 3. The van der Waals surface area contributed by atoms with E-state index in [4.69, 9.17) is 4.74 Å². The molecular formula is C27H24F2N2O4. The molecule has 1 heterocycles. The smallest absolute Gasteiger partial charge is 0.261 e. The molecule has 0 aromatic heterocycles. The molecule has 3 aromatic carbocycles. The monoisotopic (exact) mass is 478 g/mol. The number of carbonyl (C=O) groups is 3. The molecule has 4 rings (SSSR count). The first-order chi connectivity index (χ1) is 16.9. The van der Waals surface area contributed by atoms with Gasteiger partial charge < -0.3 is 9.64 Å². The first-order valence-electron chi connectivity index (χ1n) is 11.4. The maximum absolute atomic E-state index is 14.6. The fourth-order valence-electron chi connectivity index (χ4n) is 4.03. The number of ether oxygens (including phenoxy) is 1. The van der Waals surface area contributed by atoms with Gasteiger partial charge in [-0.2, -0.15) is 0 Å². The maximum Gasteiger partial charge on any atom is 0.261 e. The van der Waals surface area contributed by atoms with E-state index in [2.05, 4.69) is 0 Å². The summed E-state index contributed by atoms with van der Waals surface area (Å²) in [6.07, 6.45) is 0.786. The second kappa shape index (κ2) is 10.5. The van der Waals surface area contributed by atoms with Crippen molar-refractivity contribution < 1.29 is 27.9 Å². The van der Waals surface area contributed by atoms with Crippen molar-refractivity contribution in [2.75, 3.05) is 24.6 Å². The Hall–Kier alpha value is -4.07. The number of amides is 3. The SMILES string of the molecule is CCOc1ccc(C(=O)N(CCCCN2C(=O)c3ccccc3C2=O)c2ccc(F)cc2F)cc1. The van der Waals surface area contributed by atoms with Gasteiger partial charge in [0.2, 0.25) is 0 Å². The Balaban J connectivity index is 1.47. The zero-order valence-corrected chi connectivity index (χ0v) is 19.2. The summed E-state index contributed by atoms with van der Waals surface area (Å²) in [7, 11) is 0. The predicted molar refractivity (Wildman–Crippen MR) is 127 cm³/mol. The van der Waals surface area contributed by atoms with Crippen molar-refractivity contribution in [2.45, 2.75) is 19.8 Å². The summed E-state index contributed by atoms with van der Waals surface area (Å²) in [5, 5.41) is 0. The van der Waals surface area contributed by atoms with Gasteiger partial charge in [-0.15, -0.1) is 0 Å². The van der Waals surface area contributed by atoms with Gasteiger partial charge >= 0.3 is 0 Å². The molecule has 1 aliphatic rings. The second-order valence-corrected chi connectivity index (χ2v) is 8.02. The van der Waals surface area contributed by atoms with E-state index >= 15 is 0 Å². The number of nitrogens with zero attached hydrogens (tertiary/aromatic N) is 2. The quantitative estimate of drug-likeness (QED) is 0.318. The molecule has 0 unspecified atom stereocenters. The minimum absolute atomic E-state index is 0.0500. The number of hydrogen-bond acceptors (Lipinski definition) is 4. The summed E-state index contributed by atoms with van der Waals surface area (Å²) >= 11 is 0. The number of hydrogen-bond donors (Lipinski definition) is 0. The lowest BCUT2D eigenvalue weighted by atomic mass is 10.1. The van der Waals surface area contributed by atoms with Gasteiger partial charge in [-0.3, -0.25) is 19.3 Å². The topological polar surface area (TPSA) is 66.9 Å². The third-order valence-electron chi connectivity index (χ3n) is 5.75. The molecule has 1 aliphatic heterocycles. The molecule has 0 saturated heterocycles. The number of fused-ring (bicyclic) bond motifs is 1. The summed E-state index contributed by atoms with van der Waals surface area (Å²) in [5.41, 5.74) is 1.01. The number of unbranched alkanes of at least 4 members (excludes halogenated alkanes) is 1. The molecule has 3 aromatic rings. The van der Waals surface area contributed by atoms with Gasteiger partial charge in [-0.1, -0.05) is 12.1 Å². The summed E-state index contributed by atoms with van der Waals surface area (Å²) in [4.78, 5) is 40.8. The van der Waals surface area contributed by atoms with Crippen molar-refractivity contribution >= 4 is 23.4 Å². The van der Waals surface area contributed by atoms with Gasteiger partial charge in [0.05, 0.1) is 23.4 Å². The van der Waals surface area contributed by atoms with Crippen molar-refractivity contribution in [1.29, 1.82) is 0 Å². The van der Waals surface area contributed by atoms with E-state index in [9.17, 15) is 23.2 Å². The van der Waals surface area contributed by atoms with Crippen molar-refractivity contribution in [1.82, 2.24) is 4.90 Å². The van der Waals surface area contributed by atoms with E-state index in [1.807, 2.05) is 6.92 Å². The molecule has 0 bridgehead atoms. The lowest BCUT2D eigenvalue weighted by Crippen LogP contribution is -2.34. The van der Waals surface area contributed by atoms with Gasteiger partial charge in [0.25, 0.3) is 17.7 Å². The lowest BCUT2D eigenvalue weighted by molar-refractivity contribution is 0.0651. The van der Waals surface area contributed by atoms with Crippen LogP contribution < -0.4 is 9.64 Å². The highest BCUT2D eigenvalue weighted by Gasteiger charge is 2.34. The van der Waals surface area contributed by atoms with Crippen LogP contribution in [-0.4, -0.2) is 42.3 Å². The third kappa shape index (κ3) is 5.06. The third-order valence-corrected chi connectivity index (χ3v) is 5.75. The fourth-order valence-corrected chi connectivity index (χ4v) is 4.03. The van der Waals surface area contributed by atoms with Crippen molar-refractivity contribution in [2.24, 2.45) is 0 Å². The molecule has 0 atom stereocenters. The molecule has 6 nitrogen and oxygen atoms in total. The second-order valence-electron chi connectivity index (χ2n) is 8.02. The average Bonchev–Trinajstić information content (AvgIpc) is 3.10. The molecule has 0 fully saturated rings. The molecule has 0 radical (unpaired) electrons. The average molecular weight is 478 g/mol. The fraction of sp³-hybridized carbons (Fsp3) is 0.222. The van der Waals surface area contributed by atoms with Gasteiger partial charge in [0.15, 0.2) is 0 Å². The van der Waals surface area contributed by atoms with Crippen LogP contribution in [0.4, 0.5) is 14.5 Å². The van der Waals surface area contributed by atoms with E-state index in [-0.39, 0.29) is 30.6 Å². The van der Waals surface area contributed by atoms with Crippen LogP contribution in [0.2, 0.25) is 0 Å². The van der Waals surface area contributed by atoms with Crippen LogP contribution >= 0.6 is 0 Å². The zero-order chi connectivity index (χ0) is 24.9. The molecule has 3 amide bonds. The van der Waals surface area contributed by atoms with Crippen molar-refractivity contribution in [3.63, 3.8) is 0 Å². The number of rotatable bonds is 9. The lowest BCUT2D eigenvalue weighted by Gasteiger charge is -2.24. The molecule has 180 valence electrons. The van der Waals surface area contributed by atoms with E-state index in [1.165, 1.54) is 15.9 Å². The summed E-state index contributed by atoms with van der Waals surface area (Å²) < 4.78 is 33.5. The number of halogens is 2. The first-order valence-corrected chi connectivity index (χ1v) is 11.4. The largest absolute Gasteiger partial charge is 0.494 e. The van der Waals surface area contributed by atoms with Gasteiger partial charge in [0.1, 0.15) is 17.4 Å². The van der Waals surface area contributed by atoms with E-state index in [1.54, 1.807) is 48.5 Å². The molecule has 0 aliphatic carbocycles. The highest BCUT2D eigenvalue weighted by Crippen LogP contribution is 2.25. The van der Waals surface area contributed by atoms with Crippen LogP contribution in [0.25, 0.3) is 0 Å². The molecule has 0 saturated carbocycles. The highest BCUT2D eigenvalue weighted by atomic mass is 19.1. The van der Waals surface area contributed by atoms with Gasteiger partial charge in [-0.25, -0.2) is 8.78 Å². The Labute approximate surface area is 201 Å². The van der Waals surface area contributed by atoms with Crippen LogP contribution in [0.3, 0.4) is 0 Å². The molecule has 0 spiro atoms. The molecule has 35 heavy (non-hydrogen) atoms. The van der Waals surface area contributed by atoms with Gasteiger partial charge in [-0.05, 0) is 68.3 Å². The maximum atomic E-state index is 14.6. The van der Waals surface area contributed by atoms with Crippen LogP contribution in [-0.2, 0) is 0 Å². The molecule has 8 heteroatoms. The Morgan fingerprint density at radius 1 is 0.914 bits per heavy atom. The Bertz CT molecular complexity index is 1230. The summed E-state index contributed by atoms with van der Waals surface area (Å²) in [6, 6.07) is 16.2. The van der Waals surface area contributed by atoms with Gasteiger partial charge in [0, 0.05) is 24.7 Å². The van der Waals surface area contributed by atoms with Crippen LogP contribution in [0.5, 0.6) is 5.75 Å². The van der Waals surface area contributed by atoms with E-state index < -0.39 is 17.5 Å². The van der Waals surface area contributed by atoms with E-state index in [0.29, 0.717) is 41.9 Å². The van der Waals surface area contributed by atoms with Crippen LogP contribution in [0.15, 0.2) is 66.7 Å². The molecular weight excluding hydrogens is 454 g/mol. The zero-order valence-electron chi connectivity index (χ0n) is 19.2. The van der Waals surface area contributed by atoms with Crippen LogP contribution in [0.1, 0.15) is 50.8 Å². The Morgan fingerprint density at radius 2 is 1.57 bits per heavy atom. The Kier molecular flexibility index (Phi) is 7.19. The first kappa shape index (κ1) is 24.1. The number of imide groups is 1. The number of carbonyl (C=O) groups excluding carboxylic acids is 3. The number of anilines is 1. The summed E-state index contributed by atoms with van der Waals surface area (Å²) in [6.45, 7) is 2.61. The minimum Gasteiger partial charge on any atom is -0.494 e. The predicted octanol–water partition coefficient (Wildman–Crippen LogP) is 5.09.